The summed E-state index contributed by atoms with van der Waals surface area (Å²) in [6.45, 7) is 6.43. The Bertz CT molecular complexity index is 592. The van der Waals surface area contributed by atoms with E-state index < -0.39 is 0 Å². The van der Waals surface area contributed by atoms with Crippen LogP contribution in [0.4, 0.5) is 11.6 Å². The number of likely N-dealkylation sites (tertiary alicyclic amines) is 1. The maximum atomic E-state index is 12.7. The van der Waals surface area contributed by atoms with Crippen molar-refractivity contribution in [2.45, 2.75) is 31.7 Å². The summed E-state index contributed by atoms with van der Waals surface area (Å²) in [6, 6.07) is 4.24. The van der Waals surface area contributed by atoms with Gasteiger partial charge in [-0.1, -0.05) is 0 Å². The predicted molar refractivity (Wildman–Crippen MR) is 97.9 cm³/mol. The fourth-order valence-electron chi connectivity index (χ4n) is 4.19. The maximum Gasteiger partial charge on any atom is 0.240 e. The molecule has 1 amide bonds. The molecule has 0 N–H and O–H groups in total. The van der Waals surface area contributed by atoms with E-state index in [1.807, 2.05) is 4.90 Å². The molecule has 0 spiro atoms. The van der Waals surface area contributed by atoms with Crippen LogP contribution < -0.4 is 9.80 Å². The minimum absolute atomic E-state index is 0.0890. The van der Waals surface area contributed by atoms with Crippen molar-refractivity contribution in [3.63, 3.8) is 0 Å². The van der Waals surface area contributed by atoms with Crippen LogP contribution >= 0.6 is 0 Å². The van der Waals surface area contributed by atoms with Crippen LogP contribution in [0.3, 0.4) is 0 Å². The Kier molecular flexibility index (Phi) is 4.74. The van der Waals surface area contributed by atoms with Crippen LogP contribution in [0.15, 0.2) is 12.1 Å². The SMILES string of the molecule is CN1CCCC1C(=O)N1CCN(c2ccc(N3CCCC3)nn2)CC1. The zero-order valence-electron chi connectivity index (χ0n) is 15.1. The number of hydrogen-bond donors (Lipinski definition) is 0. The highest BCUT2D eigenvalue weighted by atomic mass is 16.2. The largest absolute Gasteiger partial charge is 0.355 e. The Balaban J connectivity index is 1.33. The van der Waals surface area contributed by atoms with Crippen molar-refractivity contribution in [1.82, 2.24) is 20.0 Å². The monoisotopic (exact) mass is 344 g/mol. The van der Waals surface area contributed by atoms with Crippen LogP contribution in [-0.4, -0.2) is 84.8 Å². The summed E-state index contributed by atoms with van der Waals surface area (Å²) < 4.78 is 0. The van der Waals surface area contributed by atoms with Crippen LogP contribution in [0.25, 0.3) is 0 Å². The Hall–Kier alpha value is -1.89. The first-order valence-electron chi connectivity index (χ1n) is 9.55. The van der Waals surface area contributed by atoms with E-state index in [0.29, 0.717) is 5.91 Å². The van der Waals surface area contributed by atoms with Crippen LogP contribution in [-0.2, 0) is 4.79 Å². The van der Waals surface area contributed by atoms with Crippen molar-refractivity contribution < 1.29 is 4.79 Å². The molecular formula is C18H28N6O. The zero-order chi connectivity index (χ0) is 17.2. The van der Waals surface area contributed by atoms with Crippen LogP contribution in [0.1, 0.15) is 25.7 Å². The number of aromatic nitrogens is 2. The number of anilines is 2. The number of carbonyl (C=O) groups is 1. The van der Waals surface area contributed by atoms with E-state index in [0.717, 1.165) is 70.3 Å². The second-order valence-electron chi connectivity index (χ2n) is 7.39. The molecule has 1 atom stereocenters. The molecule has 0 aliphatic carbocycles. The third kappa shape index (κ3) is 3.42. The summed E-state index contributed by atoms with van der Waals surface area (Å²) in [5.41, 5.74) is 0. The van der Waals surface area contributed by atoms with E-state index in [-0.39, 0.29) is 6.04 Å². The summed E-state index contributed by atoms with van der Waals surface area (Å²) >= 11 is 0. The number of likely N-dealkylation sites (N-methyl/N-ethyl adjacent to an activating group) is 1. The molecule has 3 fully saturated rings. The quantitative estimate of drug-likeness (QED) is 0.809. The molecule has 25 heavy (non-hydrogen) atoms. The van der Waals surface area contributed by atoms with Gasteiger partial charge in [0.25, 0.3) is 0 Å². The molecule has 1 aromatic heterocycles. The third-order valence-electron chi connectivity index (χ3n) is 5.79. The van der Waals surface area contributed by atoms with Gasteiger partial charge in [0, 0.05) is 39.3 Å². The number of hydrogen-bond acceptors (Lipinski definition) is 6. The Morgan fingerprint density at radius 3 is 2.00 bits per heavy atom. The van der Waals surface area contributed by atoms with Gasteiger partial charge in [-0.15, -0.1) is 10.2 Å². The number of rotatable bonds is 3. The molecule has 3 saturated heterocycles. The molecule has 0 radical (unpaired) electrons. The lowest BCUT2D eigenvalue weighted by Gasteiger charge is -2.37. The van der Waals surface area contributed by atoms with Gasteiger partial charge in [0.15, 0.2) is 11.6 Å². The smallest absolute Gasteiger partial charge is 0.240 e. The topological polar surface area (TPSA) is 55.8 Å². The number of amides is 1. The van der Waals surface area contributed by atoms with Crippen molar-refractivity contribution >= 4 is 17.5 Å². The lowest BCUT2D eigenvalue weighted by molar-refractivity contribution is -0.135. The van der Waals surface area contributed by atoms with Crippen molar-refractivity contribution in [2.75, 3.05) is 62.7 Å². The van der Waals surface area contributed by atoms with Crippen molar-refractivity contribution in [3.8, 4) is 0 Å². The third-order valence-corrected chi connectivity index (χ3v) is 5.79. The highest BCUT2D eigenvalue weighted by Crippen LogP contribution is 2.21. The summed E-state index contributed by atoms with van der Waals surface area (Å²) in [7, 11) is 2.06. The molecule has 7 nitrogen and oxygen atoms in total. The number of carbonyl (C=O) groups excluding carboxylic acids is 1. The average molecular weight is 344 g/mol. The van der Waals surface area contributed by atoms with E-state index in [4.69, 9.17) is 0 Å². The summed E-state index contributed by atoms with van der Waals surface area (Å²) in [6.07, 6.45) is 4.62. The Labute approximate surface area is 149 Å². The minimum atomic E-state index is 0.0890. The maximum absolute atomic E-state index is 12.7. The Morgan fingerprint density at radius 1 is 0.880 bits per heavy atom. The van der Waals surface area contributed by atoms with Crippen molar-refractivity contribution in [2.24, 2.45) is 0 Å². The first kappa shape index (κ1) is 16.6. The molecule has 3 aliphatic heterocycles. The first-order chi connectivity index (χ1) is 12.2. The number of piperazine rings is 1. The molecule has 7 heteroatoms. The van der Waals surface area contributed by atoms with Crippen molar-refractivity contribution in [1.29, 1.82) is 0 Å². The van der Waals surface area contributed by atoms with Crippen molar-refractivity contribution in [3.05, 3.63) is 12.1 Å². The second kappa shape index (κ2) is 7.15. The summed E-state index contributed by atoms with van der Waals surface area (Å²) in [5, 5.41) is 8.84. The highest BCUT2D eigenvalue weighted by molar-refractivity contribution is 5.82. The van der Waals surface area contributed by atoms with Gasteiger partial charge >= 0.3 is 0 Å². The molecule has 4 heterocycles. The van der Waals surface area contributed by atoms with E-state index in [1.54, 1.807) is 0 Å². The molecular weight excluding hydrogens is 316 g/mol. The fraction of sp³-hybridized carbons (Fsp3) is 0.722. The molecule has 136 valence electrons. The van der Waals surface area contributed by atoms with Gasteiger partial charge in [0.2, 0.25) is 5.91 Å². The minimum Gasteiger partial charge on any atom is -0.355 e. The molecule has 3 aliphatic rings. The molecule has 1 unspecified atom stereocenters. The van der Waals surface area contributed by atoms with E-state index >= 15 is 0 Å². The average Bonchev–Trinajstić information content (AvgIpc) is 3.33. The summed E-state index contributed by atoms with van der Waals surface area (Å²) in [5.74, 6) is 2.21. The van der Waals surface area contributed by atoms with Gasteiger partial charge in [-0.25, -0.2) is 0 Å². The normalized spacial score (nSPS) is 25.0. The lowest BCUT2D eigenvalue weighted by Crippen LogP contribution is -2.53. The van der Waals surface area contributed by atoms with E-state index in [9.17, 15) is 4.79 Å². The Morgan fingerprint density at radius 2 is 1.48 bits per heavy atom. The fourth-order valence-corrected chi connectivity index (χ4v) is 4.19. The molecule has 0 saturated carbocycles. The lowest BCUT2D eigenvalue weighted by atomic mass is 10.1. The van der Waals surface area contributed by atoms with Gasteiger partial charge in [-0.2, -0.15) is 0 Å². The van der Waals surface area contributed by atoms with Gasteiger partial charge < -0.3 is 14.7 Å². The van der Waals surface area contributed by atoms with Crippen LogP contribution in [0, 0.1) is 0 Å². The molecule has 1 aromatic rings. The summed E-state index contributed by atoms with van der Waals surface area (Å²) in [4.78, 5) is 21.4. The molecule has 4 rings (SSSR count). The molecule has 0 aromatic carbocycles. The van der Waals surface area contributed by atoms with Crippen LogP contribution in [0.2, 0.25) is 0 Å². The van der Waals surface area contributed by atoms with Gasteiger partial charge in [0.1, 0.15) is 0 Å². The number of nitrogens with zero attached hydrogens (tertiary/aromatic N) is 6. The predicted octanol–water partition coefficient (Wildman–Crippen LogP) is 0.820. The standard InChI is InChI=1S/C18H28N6O/c1-21-8-4-5-15(21)18(25)24-13-11-23(12-14-24)17-7-6-16(19-20-17)22-9-2-3-10-22/h6-7,15H,2-5,8-14H2,1H3. The van der Waals surface area contributed by atoms with Crippen LogP contribution in [0.5, 0.6) is 0 Å². The van der Waals surface area contributed by atoms with E-state index in [1.165, 1.54) is 12.8 Å². The van der Waals surface area contributed by atoms with Gasteiger partial charge in [-0.3, -0.25) is 9.69 Å². The highest BCUT2D eigenvalue weighted by Gasteiger charge is 2.33. The van der Waals surface area contributed by atoms with Gasteiger partial charge in [0.05, 0.1) is 6.04 Å². The van der Waals surface area contributed by atoms with Gasteiger partial charge in [-0.05, 0) is 51.4 Å². The first-order valence-corrected chi connectivity index (χ1v) is 9.55. The second-order valence-corrected chi connectivity index (χ2v) is 7.39. The molecule has 0 bridgehead atoms. The zero-order valence-corrected chi connectivity index (χ0v) is 15.1. The van der Waals surface area contributed by atoms with E-state index in [2.05, 4.69) is 44.1 Å².